The summed E-state index contributed by atoms with van der Waals surface area (Å²) in [5.74, 6) is 1.45. The molecule has 2 heterocycles. The van der Waals surface area contributed by atoms with Crippen molar-refractivity contribution < 1.29 is 38.3 Å². The number of rotatable bonds is 18. The molecular formula is C22H38N2O8. The van der Waals surface area contributed by atoms with E-state index in [1.165, 1.54) is 0 Å². The van der Waals surface area contributed by atoms with E-state index in [4.69, 9.17) is 40.0 Å². The van der Waals surface area contributed by atoms with Crippen LogP contribution in [0.3, 0.4) is 0 Å². The summed E-state index contributed by atoms with van der Waals surface area (Å²) >= 11 is 0. The van der Waals surface area contributed by atoms with E-state index in [9.17, 15) is 4.79 Å². The van der Waals surface area contributed by atoms with Crippen molar-refractivity contribution in [1.82, 2.24) is 9.80 Å². The van der Waals surface area contributed by atoms with Crippen molar-refractivity contribution >= 4 is 5.97 Å². The third kappa shape index (κ3) is 12.1. The molecule has 2 rings (SSSR count). The van der Waals surface area contributed by atoms with Gasteiger partial charge < -0.3 is 38.4 Å². The predicted molar refractivity (Wildman–Crippen MR) is 116 cm³/mol. The number of ether oxygens (including phenoxy) is 6. The summed E-state index contributed by atoms with van der Waals surface area (Å²) < 4.78 is 32.3. The minimum Gasteiger partial charge on any atom is -0.479 e. The quantitative estimate of drug-likeness (QED) is 0.222. The lowest BCUT2D eigenvalue weighted by atomic mass is 10.2. The second-order valence-electron chi connectivity index (χ2n) is 7.65. The highest BCUT2D eigenvalue weighted by molar-refractivity contribution is 5.72. The van der Waals surface area contributed by atoms with Gasteiger partial charge >= 0.3 is 5.97 Å². The molecule has 0 saturated carbocycles. The molecule has 2 fully saturated rings. The third-order valence-corrected chi connectivity index (χ3v) is 5.26. The molecule has 2 atom stereocenters. The molecule has 0 bridgehead atoms. The number of hydrogen-bond acceptors (Lipinski definition) is 9. The van der Waals surface area contributed by atoms with E-state index < -0.39 is 12.1 Å². The van der Waals surface area contributed by atoms with Crippen molar-refractivity contribution in [3.05, 3.63) is 0 Å². The lowest BCUT2D eigenvalue weighted by Gasteiger charge is -2.34. The van der Waals surface area contributed by atoms with Crippen LogP contribution in [-0.4, -0.2) is 132 Å². The van der Waals surface area contributed by atoms with E-state index >= 15 is 0 Å². The molecule has 2 aliphatic heterocycles. The highest BCUT2D eigenvalue weighted by Crippen LogP contribution is 2.16. The van der Waals surface area contributed by atoms with E-state index in [2.05, 4.69) is 15.7 Å². The van der Waals surface area contributed by atoms with Gasteiger partial charge in [-0.05, 0) is 19.4 Å². The van der Waals surface area contributed by atoms with E-state index in [0.717, 1.165) is 52.1 Å². The molecule has 0 aromatic carbocycles. The van der Waals surface area contributed by atoms with Gasteiger partial charge in [-0.2, -0.15) is 0 Å². The SMILES string of the molecule is C#CCOCCOCCOCCOCCN1CCN(CCCC2OCC(C(=O)O)O2)CC1. The molecule has 0 aliphatic carbocycles. The molecular weight excluding hydrogens is 420 g/mol. The van der Waals surface area contributed by atoms with Crippen LogP contribution in [-0.2, 0) is 33.2 Å². The topological polar surface area (TPSA) is 99.2 Å². The van der Waals surface area contributed by atoms with E-state index in [1.807, 2.05) is 0 Å². The Bertz CT molecular complexity index is 537. The average Bonchev–Trinajstić information content (AvgIpc) is 3.27. The van der Waals surface area contributed by atoms with Crippen molar-refractivity contribution in [1.29, 1.82) is 0 Å². The molecule has 0 aromatic heterocycles. The van der Waals surface area contributed by atoms with Crippen LogP contribution in [0.25, 0.3) is 0 Å². The molecule has 184 valence electrons. The van der Waals surface area contributed by atoms with Crippen molar-refractivity contribution in [2.75, 3.05) is 98.7 Å². The lowest BCUT2D eigenvalue weighted by molar-refractivity contribution is -0.150. The summed E-state index contributed by atoms with van der Waals surface area (Å²) in [4.78, 5) is 15.7. The van der Waals surface area contributed by atoms with Gasteiger partial charge in [0.2, 0.25) is 0 Å². The molecule has 10 nitrogen and oxygen atoms in total. The van der Waals surface area contributed by atoms with Crippen LogP contribution in [0.2, 0.25) is 0 Å². The van der Waals surface area contributed by atoms with Crippen molar-refractivity contribution in [3.63, 3.8) is 0 Å². The Balaban J connectivity index is 1.33. The van der Waals surface area contributed by atoms with Crippen LogP contribution in [0.1, 0.15) is 12.8 Å². The normalized spacial score (nSPS) is 22.2. The van der Waals surface area contributed by atoms with E-state index in [1.54, 1.807) is 0 Å². The molecule has 0 aromatic rings. The summed E-state index contributed by atoms with van der Waals surface area (Å²) in [6.45, 7) is 10.4. The van der Waals surface area contributed by atoms with Gasteiger partial charge in [0.15, 0.2) is 12.4 Å². The first-order valence-corrected chi connectivity index (χ1v) is 11.4. The smallest absolute Gasteiger partial charge is 0.335 e. The minimum atomic E-state index is -0.954. The van der Waals surface area contributed by atoms with Crippen LogP contribution in [0, 0.1) is 12.3 Å². The Kier molecular flexibility index (Phi) is 14.5. The Morgan fingerprint density at radius 3 is 2.03 bits per heavy atom. The largest absolute Gasteiger partial charge is 0.479 e. The maximum Gasteiger partial charge on any atom is 0.335 e. The van der Waals surface area contributed by atoms with Gasteiger partial charge in [0.25, 0.3) is 0 Å². The number of terminal acetylenes is 1. The monoisotopic (exact) mass is 458 g/mol. The van der Waals surface area contributed by atoms with Gasteiger partial charge in [-0.1, -0.05) is 5.92 Å². The van der Waals surface area contributed by atoms with Gasteiger partial charge in [-0.25, -0.2) is 4.79 Å². The van der Waals surface area contributed by atoms with Gasteiger partial charge in [-0.15, -0.1) is 6.42 Å². The van der Waals surface area contributed by atoms with E-state index in [-0.39, 0.29) is 12.9 Å². The zero-order chi connectivity index (χ0) is 22.9. The van der Waals surface area contributed by atoms with Crippen molar-refractivity contribution in [2.24, 2.45) is 0 Å². The Hall–Kier alpha value is -1.29. The van der Waals surface area contributed by atoms with Crippen LogP contribution in [0.4, 0.5) is 0 Å². The number of carbonyl (C=O) groups is 1. The second kappa shape index (κ2) is 17.2. The Morgan fingerprint density at radius 1 is 0.906 bits per heavy atom. The summed E-state index contributed by atoms with van der Waals surface area (Å²) in [5.41, 5.74) is 0. The summed E-state index contributed by atoms with van der Waals surface area (Å²) in [5, 5.41) is 8.91. The summed E-state index contributed by atoms with van der Waals surface area (Å²) in [6, 6.07) is 0. The average molecular weight is 459 g/mol. The fourth-order valence-corrected chi connectivity index (χ4v) is 3.44. The van der Waals surface area contributed by atoms with E-state index in [0.29, 0.717) is 52.9 Å². The van der Waals surface area contributed by atoms with Crippen LogP contribution in [0.15, 0.2) is 0 Å². The fraction of sp³-hybridized carbons (Fsp3) is 0.864. The number of nitrogens with zero attached hydrogens (tertiary/aromatic N) is 2. The minimum absolute atomic E-state index is 0.144. The standard InChI is InChI=1S/C22H38N2O8/c1-2-11-27-13-15-29-17-18-30-16-14-28-12-10-24-8-6-23(7-9-24)5-3-4-21-31-19-20(32-21)22(25)26/h1,20-21H,3-19H2,(H,25,26). The predicted octanol–water partition coefficient (Wildman–Crippen LogP) is -0.0901. The van der Waals surface area contributed by atoms with Gasteiger partial charge in [0, 0.05) is 32.7 Å². The molecule has 0 radical (unpaired) electrons. The molecule has 2 unspecified atom stereocenters. The van der Waals surface area contributed by atoms with Gasteiger partial charge in [0.1, 0.15) is 6.61 Å². The van der Waals surface area contributed by atoms with Crippen LogP contribution < -0.4 is 0 Å². The third-order valence-electron chi connectivity index (χ3n) is 5.26. The van der Waals surface area contributed by atoms with Crippen molar-refractivity contribution in [2.45, 2.75) is 25.2 Å². The van der Waals surface area contributed by atoms with Gasteiger partial charge in [0.05, 0.1) is 52.9 Å². The molecule has 1 N–H and O–H groups in total. The number of piperazine rings is 1. The van der Waals surface area contributed by atoms with Crippen LogP contribution >= 0.6 is 0 Å². The van der Waals surface area contributed by atoms with Gasteiger partial charge in [-0.3, -0.25) is 4.90 Å². The lowest BCUT2D eigenvalue weighted by Crippen LogP contribution is -2.47. The first-order chi connectivity index (χ1) is 15.7. The number of aliphatic carboxylic acids is 1. The highest BCUT2D eigenvalue weighted by atomic mass is 16.7. The maximum absolute atomic E-state index is 10.9. The zero-order valence-corrected chi connectivity index (χ0v) is 19.0. The molecule has 32 heavy (non-hydrogen) atoms. The first-order valence-electron chi connectivity index (χ1n) is 11.4. The first kappa shape index (κ1) is 27.0. The molecule has 2 saturated heterocycles. The molecule has 0 amide bonds. The number of carboxylic acid groups (broad SMARTS) is 1. The van der Waals surface area contributed by atoms with Crippen molar-refractivity contribution in [3.8, 4) is 12.3 Å². The Morgan fingerprint density at radius 2 is 1.47 bits per heavy atom. The zero-order valence-electron chi connectivity index (χ0n) is 19.0. The summed E-state index contributed by atoms with van der Waals surface area (Å²) in [7, 11) is 0. The number of carboxylic acids is 1. The highest BCUT2D eigenvalue weighted by Gasteiger charge is 2.31. The maximum atomic E-state index is 10.9. The molecule has 0 spiro atoms. The second-order valence-corrected chi connectivity index (χ2v) is 7.65. The Labute approximate surface area is 191 Å². The summed E-state index contributed by atoms with van der Waals surface area (Å²) in [6.07, 6.45) is 5.54. The fourth-order valence-electron chi connectivity index (χ4n) is 3.44. The van der Waals surface area contributed by atoms with Crippen LogP contribution in [0.5, 0.6) is 0 Å². The molecule has 10 heteroatoms. The molecule has 2 aliphatic rings. The number of hydrogen-bond donors (Lipinski definition) is 1.